The number of ether oxygens (including phenoxy) is 8. The lowest BCUT2D eigenvalue weighted by molar-refractivity contribution is -0.173. The summed E-state index contributed by atoms with van der Waals surface area (Å²) in [6.45, 7) is 5.59. The van der Waals surface area contributed by atoms with Crippen LogP contribution < -0.4 is 28.4 Å². The maximum absolute atomic E-state index is 12.4. The third-order valence-corrected chi connectivity index (χ3v) is 20.2. The molecule has 0 spiro atoms. The highest BCUT2D eigenvalue weighted by Crippen LogP contribution is 2.56. The van der Waals surface area contributed by atoms with Crippen LogP contribution in [0.1, 0.15) is 125 Å². The third-order valence-electron chi connectivity index (χ3n) is 20.2. The fourth-order valence-corrected chi connectivity index (χ4v) is 16.0. The smallest absolute Gasteiger partial charge is 0.338 e. The highest BCUT2D eigenvalue weighted by atomic mass is 16.7. The molecule has 87 heavy (non-hydrogen) atoms. The van der Waals surface area contributed by atoms with Gasteiger partial charge in [0.25, 0.3) is 0 Å². The number of rotatable bonds is 5. The Morgan fingerprint density at radius 2 is 1.10 bits per heavy atom. The number of phenols is 3. The number of benzene rings is 5. The zero-order valence-electron chi connectivity index (χ0n) is 48.8. The monoisotopic (exact) mass is 1190 g/mol. The molecule has 4 fully saturated rings. The van der Waals surface area contributed by atoms with Crippen LogP contribution in [0.5, 0.6) is 51.7 Å². The number of aryl methyl sites for hydroxylation is 2. The van der Waals surface area contributed by atoms with Crippen molar-refractivity contribution in [2.75, 3.05) is 54.1 Å². The fourth-order valence-electron chi connectivity index (χ4n) is 16.0. The Bertz CT molecular complexity index is 3520. The van der Waals surface area contributed by atoms with Gasteiger partial charge in [-0.1, -0.05) is 48.4 Å². The van der Waals surface area contributed by atoms with Crippen molar-refractivity contribution in [2.24, 2.45) is 11.8 Å². The van der Waals surface area contributed by atoms with E-state index in [9.17, 15) is 45.6 Å². The summed E-state index contributed by atoms with van der Waals surface area (Å²) >= 11 is 0. The van der Waals surface area contributed by atoms with E-state index in [0.29, 0.717) is 64.4 Å². The molecule has 0 amide bonds. The van der Waals surface area contributed by atoms with E-state index in [0.717, 1.165) is 104 Å². The predicted octanol–water partition coefficient (Wildman–Crippen LogP) is 6.90. The molecule has 460 valence electrons. The van der Waals surface area contributed by atoms with E-state index >= 15 is 0 Å². The van der Waals surface area contributed by atoms with Gasteiger partial charge in [-0.2, -0.15) is 0 Å². The van der Waals surface area contributed by atoms with Gasteiger partial charge in [0.05, 0.1) is 23.9 Å². The largest absolute Gasteiger partial charge is 0.508 e. The normalized spacial score (nSPS) is 32.0. The van der Waals surface area contributed by atoms with Gasteiger partial charge >= 0.3 is 5.97 Å². The van der Waals surface area contributed by atoms with Crippen LogP contribution >= 0.6 is 0 Å². The van der Waals surface area contributed by atoms with E-state index in [2.05, 4.69) is 47.9 Å². The highest BCUT2D eigenvalue weighted by Gasteiger charge is 2.56. The molecule has 5 aromatic rings. The van der Waals surface area contributed by atoms with Crippen LogP contribution in [0.2, 0.25) is 0 Å². The highest BCUT2D eigenvalue weighted by molar-refractivity contribution is 5.94. The van der Waals surface area contributed by atoms with E-state index in [1.807, 2.05) is 48.5 Å². The number of likely N-dealkylation sites (N-methyl/N-ethyl adjacent to an activating group) is 2. The van der Waals surface area contributed by atoms with E-state index < -0.39 is 42.9 Å². The minimum atomic E-state index is -0.898. The molecule has 3 saturated heterocycles. The summed E-state index contributed by atoms with van der Waals surface area (Å²) in [6.07, 6.45) is 7.32. The number of phenolic OH excluding ortho intramolecular Hbond substituents is 3. The second-order valence-electron chi connectivity index (χ2n) is 25.2. The van der Waals surface area contributed by atoms with Crippen molar-refractivity contribution in [3.63, 3.8) is 0 Å². The number of unbranched alkanes of at least 4 members (excludes halogenated alkanes) is 1. The van der Waals surface area contributed by atoms with Gasteiger partial charge in [-0.3, -0.25) is 14.7 Å². The molecule has 0 bridgehead atoms. The Kier molecular flexibility index (Phi) is 15.3. The van der Waals surface area contributed by atoms with Gasteiger partial charge in [-0.15, -0.1) is 0 Å². The molecule has 6 unspecified atom stereocenters. The number of hydrogen-bond donors (Lipinski definition) is 8. The molecule has 0 radical (unpaired) electrons. The number of carbonyl (C=O) groups excluding carboxylic acids is 1. The van der Waals surface area contributed by atoms with E-state index in [4.69, 9.17) is 37.9 Å². The molecule has 3 aliphatic carbocycles. The van der Waals surface area contributed by atoms with Crippen LogP contribution in [-0.4, -0.2) is 164 Å². The van der Waals surface area contributed by atoms with Crippen LogP contribution in [0, 0.1) is 11.8 Å². The maximum atomic E-state index is 12.4. The van der Waals surface area contributed by atoms with Crippen molar-refractivity contribution in [1.29, 1.82) is 0 Å². The van der Waals surface area contributed by atoms with Gasteiger partial charge in [0.1, 0.15) is 24.2 Å². The lowest BCUT2D eigenvalue weighted by atomic mass is 9.68. The molecule has 9 aliphatic heterocycles. The standard InChI is InChI=1S/C18H21NO4.C17H17NO5.C16H19NO5.C16H18O3/c1-9-5-10-3-4-19(2)16(10)15-11-6-13-14(22-8-21-13)7-12(11)18(20)23-17(9)15;1-18-3-2-8-4-11(19)16-14(15(8)18)9-5-12-13(22-7-21-12)6-10(9)17(20)23-16;18-10-3-7-1-2-17-14(7)13(15(10)19)8-4-11-12(22-6-21-11)5-9(8)16(17)20;17-14-8-5-12(6-9-14)3-1-2-4-13-7-10-15(18)16(19)11-13/h5-7,9,15-18,20H,3-4,8H2,1-2H3;4-6,11,14-16,19H,2-3,7H2,1H3;4-5,7,10,13-16,18-20H,1-3,6H2;5-11,17-19H,1-4H2/t9-,15-,16+,17+,18-;11-,14?,15+,16+;7?,10?,13-,14?,15?,16?;/m110./s1. The molecule has 0 aromatic heterocycles. The zero-order valence-corrected chi connectivity index (χ0v) is 48.8. The Labute approximate surface area is 503 Å². The summed E-state index contributed by atoms with van der Waals surface area (Å²) in [5, 5.41) is 80.3. The third kappa shape index (κ3) is 10.4. The summed E-state index contributed by atoms with van der Waals surface area (Å²) in [4.78, 5) is 19.1. The number of likely N-dealkylation sites (tertiary alicyclic amines) is 2. The van der Waals surface area contributed by atoms with Gasteiger partial charge in [0, 0.05) is 72.6 Å². The Hall–Kier alpha value is -7.11. The summed E-state index contributed by atoms with van der Waals surface area (Å²) in [5.41, 5.74) is 10.00. The van der Waals surface area contributed by atoms with Crippen molar-refractivity contribution < 1.29 is 83.5 Å². The number of fused-ring (bicyclic) bond motifs is 15. The van der Waals surface area contributed by atoms with Crippen molar-refractivity contribution in [2.45, 2.75) is 137 Å². The number of nitrogens with zero attached hydrogens (tertiary/aromatic N) is 3. The number of aromatic hydroxyl groups is 3. The molecule has 5 aromatic carbocycles. The van der Waals surface area contributed by atoms with Crippen LogP contribution in [0.4, 0.5) is 0 Å². The fraction of sp³-hybridized carbons (Fsp3) is 0.478. The first-order chi connectivity index (χ1) is 42.1. The number of aliphatic hydroxyl groups excluding tert-OH is 5. The van der Waals surface area contributed by atoms with Crippen LogP contribution in [0.25, 0.3) is 0 Å². The Morgan fingerprint density at radius 1 is 0.563 bits per heavy atom. The van der Waals surface area contributed by atoms with Gasteiger partial charge in [-0.25, -0.2) is 4.79 Å². The maximum Gasteiger partial charge on any atom is 0.338 e. The average molecular weight is 1190 g/mol. The van der Waals surface area contributed by atoms with Crippen molar-refractivity contribution in [3.8, 4) is 51.7 Å². The first-order valence-corrected chi connectivity index (χ1v) is 30.5. The summed E-state index contributed by atoms with van der Waals surface area (Å²) in [5.74, 6) is 4.32. The Morgan fingerprint density at radius 3 is 1.74 bits per heavy atom. The topological polar surface area (TPSA) is 262 Å². The molecule has 1 saturated carbocycles. The van der Waals surface area contributed by atoms with Gasteiger partial charge in [0.15, 0.2) is 52.3 Å². The summed E-state index contributed by atoms with van der Waals surface area (Å²) in [6, 6.07) is 24.0. The Balaban J connectivity index is 0.000000103. The number of aliphatic hydroxyl groups is 5. The van der Waals surface area contributed by atoms with Crippen molar-refractivity contribution >= 4 is 5.97 Å². The van der Waals surface area contributed by atoms with Crippen molar-refractivity contribution in [3.05, 3.63) is 147 Å². The van der Waals surface area contributed by atoms with Crippen LogP contribution in [-0.2, 0) is 22.3 Å². The first-order valence-electron chi connectivity index (χ1n) is 30.5. The molecule has 20 heteroatoms. The first kappa shape index (κ1) is 57.6. The zero-order chi connectivity index (χ0) is 60.1. The quantitative estimate of drug-likeness (QED) is 0.0385. The molecular formula is C67H75N3O17. The second kappa shape index (κ2) is 23.1. The molecule has 8 N–H and O–H groups in total. The molecule has 15 atom stereocenters. The molecular weight excluding hydrogens is 1120 g/mol. The van der Waals surface area contributed by atoms with Crippen LogP contribution in [0.15, 0.2) is 102 Å². The molecule has 9 heterocycles. The lowest BCUT2D eigenvalue weighted by Gasteiger charge is -2.49. The second-order valence-corrected chi connectivity index (χ2v) is 25.2. The van der Waals surface area contributed by atoms with E-state index in [-0.39, 0.29) is 67.8 Å². The van der Waals surface area contributed by atoms with Gasteiger partial charge in [-0.05, 0) is 160 Å². The van der Waals surface area contributed by atoms with E-state index in [1.54, 1.807) is 24.3 Å². The minimum Gasteiger partial charge on any atom is -0.508 e. The number of esters is 1. The molecule has 12 aliphatic rings. The SMILES string of the molecule is CN1CCC2=C[C@@H](O)[C@@H]3OC(=O)c4cc5c(cc4C3[C@H]21)OCO5.C[C@@H]1C=C2CCN(C)[C@@H]2[C@H]2c3cc4c(cc3[C@H](O)O[C@H]21)OCO4.OC1CC2CCN3C(O)c4cc5c(cc4[C@H](C1O)C23)OCO5.Oc1ccc(CCCCc2ccc(O)c(O)c2)cc1. The summed E-state index contributed by atoms with van der Waals surface area (Å²) < 4.78 is 44.4. The van der Waals surface area contributed by atoms with Crippen LogP contribution in [0.3, 0.4) is 0 Å². The van der Waals surface area contributed by atoms with Gasteiger partial charge < -0.3 is 78.7 Å². The molecule has 17 rings (SSSR count). The number of carbonyl (C=O) groups is 1. The molecule has 20 nitrogen and oxygen atoms in total. The minimum absolute atomic E-state index is 0.00725. The van der Waals surface area contributed by atoms with Crippen molar-refractivity contribution in [1.82, 2.24) is 14.7 Å². The van der Waals surface area contributed by atoms with Gasteiger partial charge in [0.2, 0.25) is 20.4 Å². The average Bonchev–Trinajstić information content (AvgIpc) is 1.81. The number of hydrogen-bond acceptors (Lipinski definition) is 20. The lowest BCUT2D eigenvalue weighted by Crippen LogP contribution is -2.55. The predicted molar refractivity (Wildman–Crippen MR) is 313 cm³/mol. The van der Waals surface area contributed by atoms with E-state index in [1.165, 1.54) is 22.8 Å². The summed E-state index contributed by atoms with van der Waals surface area (Å²) in [7, 11) is 4.25.